The first-order valence-corrected chi connectivity index (χ1v) is 4.78. The summed E-state index contributed by atoms with van der Waals surface area (Å²) >= 11 is 0. The minimum atomic E-state index is 0.112. The number of nitrogens with one attached hydrogen (secondary N) is 1. The van der Waals surface area contributed by atoms with Crippen LogP contribution in [-0.2, 0) is 0 Å². The van der Waals surface area contributed by atoms with Crippen LogP contribution >= 0.6 is 0 Å². The third-order valence-corrected chi connectivity index (χ3v) is 2.41. The summed E-state index contributed by atoms with van der Waals surface area (Å²) in [5.41, 5.74) is 0. The molecule has 76 valence electrons. The zero-order valence-corrected chi connectivity index (χ0v) is 7.93. The summed E-state index contributed by atoms with van der Waals surface area (Å²) in [7, 11) is 0. The molecule has 2 rings (SSSR count). The van der Waals surface area contributed by atoms with Gasteiger partial charge in [-0.05, 0) is 12.1 Å². The number of rotatable bonds is 2. The van der Waals surface area contributed by atoms with Crippen LogP contribution in [0.4, 0.5) is 5.82 Å². The van der Waals surface area contributed by atoms with E-state index in [-0.39, 0.29) is 12.6 Å². The Balaban J connectivity index is 2.15. The highest BCUT2D eigenvalue weighted by molar-refractivity contribution is 5.38. The van der Waals surface area contributed by atoms with E-state index in [2.05, 4.69) is 20.4 Å². The topological polar surface area (TPSA) is 61.3 Å². The normalized spacial score (nSPS) is 22.4. The van der Waals surface area contributed by atoms with Crippen LogP contribution in [0.15, 0.2) is 18.3 Å². The molecule has 1 fully saturated rings. The minimum absolute atomic E-state index is 0.112. The smallest absolute Gasteiger partial charge is 0.151 e. The van der Waals surface area contributed by atoms with Crippen molar-refractivity contribution in [3.8, 4) is 0 Å². The van der Waals surface area contributed by atoms with Gasteiger partial charge in [0.05, 0.1) is 12.6 Å². The predicted octanol–water partition coefficient (Wildman–Crippen LogP) is -0.753. The number of anilines is 1. The number of aliphatic hydroxyl groups excluding tert-OH is 1. The zero-order chi connectivity index (χ0) is 9.80. The van der Waals surface area contributed by atoms with Crippen molar-refractivity contribution in [2.45, 2.75) is 6.04 Å². The molecule has 0 aromatic carbocycles. The molecule has 0 saturated carbocycles. The van der Waals surface area contributed by atoms with Gasteiger partial charge in [-0.1, -0.05) is 0 Å². The van der Waals surface area contributed by atoms with Gasteiger partial charge in [0.2, 0.25) is 0 Å². The maximum absolute atomic E-state index is 9.19. The van der Waals surface area contributed by atoms with Crippen LogP contribution in [0.5, 0.6) is 0 Å². The summed E-state index contributed by atoms with van der Waals surface area (Å²) in [6.45, 7) is 2.73. The van der Waals surface area contributed by atoms with Gasteiger partial charge in [0.15, 0.2) is 5.82 Å². The Hall–Kier alpha value is -1.20. The highest BCUT2D eigenvalue weighted by Crippen LogP contribution is 2.13. The number of aliphatic hydroxyl groups is 1. The molecule has 1 aliphatic heterocycles. The lowest BCUT2D eigenvalue weighted by Gasteiger charge is -2.35. The molecule has 5 nitrogen and oxygen atoms in total. The highest BCUT2D eigenvalue weighted by atomic mass is 16.3. The van der Waals surface area contributed by atoms with Crippen LogP contribution in [0, 0.1) is 0 Å². The van der Waals surface area contributed by atoms with Crippen LogP contribution in [0.25, 0.3) is 0 Å². The van der Waals surface area contributed by atoms with Gasteiger partial charge in [-0.3, -0.25) is 0 Å². The summed E-state index contributed by atoms with van der Waals surface area (Å²) in [4.78, 5) is 2.09. The lowest BCUT2D eigenvalue weighted by molar-refractivity contribution is 0.245. The molecule has 2 N–H and O–H groups in total. The molecule has 1 aliphatic rings. The van der Waals surface area contributed by atoms with Gasteiger partial charge in [0.1, 0.15) is 0 Å². The standard InChI is InChI=1S/C9H14N4O/c14-7-8-6-10-4-5-13(8)9-2-1-3-11-12-9/h1-3,8,10,14H,4-7H2/t8-/m0/s1. The fourth-order valence-corrected chi connectivity index (χ4v) is 1.67. The van der Waals surface area contributed by atoms with Gasteiger partial charge in [-0.2, -0.15) is 5.10 Å². The summed E-state index contributed by atoms with van der Waals surface area (Å²) in [5, 5.41) is 20.3. The van der Waals surface area contributed by atoms with E-state index in [1.807, 2.05) is 12.1 Å². The molecular formula is C9H14N4O. The minimum Gasteiger partial charge on any atom is -0.394 e. The third-order valence-electron chi connectivity index (χ3n) is 2.41. The van der Waals surface area contributed by atoms with Crippen LogP contribution in [0.1, 0.15) is 0 Å². The Morgan fingerprint density at radius 3 is 3.29 bits per heavy atom. The molecule has 1 aromatic heterocycles. The fraction of sp³-hybridized carbons (Fsp3) is 0.556. The number of aromatic nitrogens is 2. The summed E-state index contributed by atoms with van der Waals surface area (Å²) in [6.07, 6.45) is 1.65. The van der Waals surface area contributed by atoms with Crippen LogP contribution in [0.2, 0.25) is 0 Å². The number of hydrogen-bond acceptors (Lipinski definition) is 5. The summed E-state index contributed by atoms with van der Waals surface area (Å²) in [5.74, 6) is 0.841. The molecule has 1 saturated heterocycles. The van der Waals surface area contributed by atoms with E-state index >= 15 is 0 Å². The first-order chi connectivity index (χ1) is 6.92. The average Bonchev–Trinajstić information content (AvgIpc) is 2.30. The van der Waals surface area contributed by atoms with Crippen molar-refractivity contribution in [2.24, 2.45) is 0 Å². The maximum Gasteiger partial charge on any atom is 0.151 e. The second-order valence-corrected chi connectivity index (χ2v) is 3.32. The molecule has 0 aliphatic carbocycles. The van der Waals surface area contributed by atoms with Crippen LogP contribution in [-0.4, -0.2) is 47.6 Å². The Labute approximate surface area is 82.8 Å². The quantitative estimate of drug-likeness (QED) is 0.648. The monoisotopic (exact) mass is 194 g/mol. The largest absolute Gasteiger partial charge is 0.394 e. The van der Waals surface area contributed by atoms with Crippen molar-refractivity contribution < 1.29 is 5.11 Å². The molecule has 0 bridgehead atoms. The van der Waals surface area contributed by atoms with Crippen molar-refractivity contribution >= 4 is 5.82 Å². The lowest BCUT2D eigenvalue weighted by atomic mass is 10.2. The number of piperazine rings is 1. The Bertz CT molecular complexity index is 279. The average molecular weight is 194 g/mol. The molecule has 1 aromatic rings. The molecular weight excluding hydrogens is 180 g/mol. The van der Waals surface area contributed by atoms with E-state index < -0.39 is 0 Å². The Kier molecular flexibility index (Phi) is 2.90. The van der Waals surface area contributed by atoms with E-state index in [0.29, 0.717) is 0 Å². The molecule has 2 heterocycles. The summed E-state index contributed by atoms with van der Waals surface area (Å²) < 4.78 is 0. The van der Waals surface area contributed by atoms with Gasteiger partial charge in [-0.25, -0.2) is 0 Å². The molecule has 14 heavy (non-hydrogen) atoms. The highest BCUT2D eigenvalue weighted by Gasteiger charge is 2.22. The van der Waals surface area contributed by atoms with Crippen molar-refractivity contribution in [3.63, 3.8) is 0 Å². The van der Waals surface area contributed by atoms with Crippen molar-refractivity contribution in [2.75, 3.05) is 31.1 Å². The van der Waals surface area contributed by atoms with E-state index in [1.165, 1.54) is 0 Å². The summed E-state index contributed by atoms with van der Waals surface area (Å²) in [6, 6.07) is 3.89. The molecule has 0 radical (unpaired) electrons. The molecule has 5 heteroatoms. The number of hydrogen-bond donors (Lipinski definition) is 2. The van der Waals surface area contributed by atoms with Crippen molar-refractivity contribution in [3.05, 3.63) is 18.3 Å². The van der Waals surface area contributed by atoms with Crippen molar-refractivity contribution in [1.82, 2.24) is 15.5 Å². The SMILES string of the molecule is OC[C@@H]1CNCCN1c1cccnn1. The zero-order valence-electron chi connectivity index (χ0n) is 7.93. The molecule has 1 atom stereocenters. The molecule has 0 amide bonds. The Morgan fingerprint density at radius 2 is 2.57 bits per heavy atom. The first-order valence-electron chi connectivity index (χ1n) is 4.78. The van der Waals surface area contributed by atoms with E-state index in [1.54, 1.807) is 6.20 Å². The molecule has 0 unspecified atom stereocenters. The van der Waals surface area contributed by atoms with E-state index in [9.17, 15) is 5.11 Å². The lowest BCUT2D eigenvalue weighted by Crippen LogP contribution is -2.53. The van der Waals surface area contributed by atoms with Gasteiger partial charge in [0, 0.05) is 25.8 Å². The number of nitrogens with zero attached hydrogens (tertiary/aromatic N) is 3. The predicted molar refractivity (Wildman–Crippen MR) is 53.1 cm³/mol. The van der Waals surface area contributed by atoms with Gasteiger partial charge in [-0.15, -0.1) is 5.10 Å². The third kappa shape index (κ3) is 1.83. The fourth-order valence-electron chi connectivity index (χ4n) is 1.67. The van der Waals surface area contributed by atoms with Gasteiger partial charge in [0.25, 0.3) is 0 Å². The Morgan fingerprint density at radius 1 is 1.64 bits per heavy atom. The van der Waals surface area contributed by atoms with Gasteiger partial charge < -0.3 is 15.3 Å². The van der Waals surface area contributed by atoms with Crippen molar-refractivity contribution in [1.29, 1.82) is 0 Å². The van der Waals surface area contributed by atoms with Crippen LogP contribution in [0.3, 0.4) is 0 Å². The second-order valence-electron chi connectivity index (χ2n) is 3.32. The molecule has 0 spiro atoms. The van der Waals surface area contributed by atoms with E-state index in [0.717, 1.165) is 25.5 Å². The second kappa shape index (κ2) is 4.34. The van der Waals surface area contributed by atoms with Crippen LogP contribution < -0.4 is 10.2 Å². The maximum atomic E-state index is 9.19. The first kappa shape index (κ1) is 9.36. The van der Waals surface area contributed by atoms with Gasteiger partial charge >= 0.3 is 0 Å². The van der Waals surface area contributed by atoms with E-state index in [4.69, 9.17) is 0 Å².